The van der Waals surface area contributed by atoms with Gasteiger partial charge in [0, 0.05) is 5.39 Å². The lowest BCUT2D eigenvalue weighted by atomic mass is 10.0. The molecule has 0 bridgehead atoms. The van der Waals surface area contributed by atoms with Crippen LogP contribution in [0.5, 0.6) is 11.5 Å². The highest BCUT2D eigenvalue weighted by Gasteiger charge is 2.09. The number of rotatable bonds is 4. The third-order valence-electron chi connectivity index (χ3n) is 2.98. The van der Waals surface area contributed by atoms with Gasteiger partial charge in [0.15, 0.2) is 0 Å². The Bertz CT molecular complexity index is 604. The number of esters is 1. The van der Waals surface area contributed by atoms with Gasteiger partial charge < -0.3 is 14.2 Å². The molecule has 100 valence electrons. The van der Waals surface area contributed by atoms with Crippen LogP contribution in [0.4, 0.5) is 0 Å². The maximum Gasteiger partial charge on any atom is 0.309 e. The van der Waals surface area contributed by atoms with Gasteiger partial charge in [0.25, 0.3) is 0 Å². The molecular weight excluding hydrogens is 244 g/mol. The zero-order chi connectivity index (χ0) is 13.8. The summed E-state index contributed by atoms with van der Waals surface area (Å²) >= 11 is 0. The second kappa shape index (κ2) is 5.61. The van der Waals surface area contributed by atoms with Crippen molar-refractivity contribution in [1.82, 2.24) is 0 Å². The quantitative estimate of drug-likeness (QED) is 0.792. The summed E-state index contributed by atoms with van der Waals surface area (Å²) in [6.07, 6.45) is 0.231. The number of ether oxygens (including phenoxy) is 3. The van der Waals surface area contributed by atoms with Crippen LogP contribution in [-0.4, -0.2) is 27.3 Å². The molecule has 4 nitrogen and oxygen atoms in total. The summed E-state index contributed by atoms with van der Waals surface area (Å²) in [7, 11) is 4.61. The van der Waals surface area contributed by atoms with E-state index < -0.39 is 0 Å². The second-order valence-corrected chi connectivity index (χ2v) is 4.14. The van der Waals surface area contributed by atoms with Gasteiger partial charge in [-0.15, -0.1) is 0 Å². The standard InChI is InChI=1S/C15H16O4/c1-17-12-5-4-11-6-10(8-15(16)19-3)7-14(18-2)13(11)9-12/h4-7,9H,8H2,1-3H3. The first-order chi connectivity index (χ1) is 9.17. The average Bonchev–Trinajstić information content (AvgIpc) is 2.45. The summed E-state index contributed by atoms with van der Waals surface area (Å²) < 4.78 is 15.3. The van der Waals surface area contributed by atoms with Crippen molar-refractivity contribution in [2.75, 3.05) is 21.3 Å². The van der Waals surface area contributed by atoms with Crippen molar-refractivity contribution < 1.29 is 19.0 Å². The Morgan fingerprint density at radius 3 is 2.47 bits per heavy atom. The molecule has 2 rings (SSSR count). The van der Waals surface area contributed by atoms with E-state index in [4.69, 9.17) is 9.47 Å². The van der Waals surface area contributed by atoms with E-state index in [9.17, 15) is 4.79 Å². The van der Waals surface area contributed by atoms with Gasteiger partial charge in [-0.1, -0.05) is 12.1 Å². The Labute approximate surface area is 111 Å². The molecule has 19 heavy (non-hydrogen) atoms. The summed E-state index contributed by atoms with van der Waals surface area (Å²) in [5.74, 6) is 1.22. The molecule has 0 fully saturated rings. The molecule has 0 N–H and O–H groups in total. The zero-order valence-corrected chi connectivity index (χ0v) is 11.2. The molecule has 0 spiro atoms. The molecule has 2 aromatic carbocycles. The maximum absolute atomic E-state index is 11.3. The van der Waals surface area contributed by atoms with Crippen molar-refractivity contribution in [3.05, 3.63) is 35.9 Å². The van der Waals surface area contributed by atoms with Gasteiger partial charge >= 0.3 is 5.97 Å². The van der Waals surface area contributed by atoms with E-state index in [-0.39, 0.29) is 12.4 Å². The molecule has 0 aliphatic rings. The normalized spacial score (nSPS) is 10.3. The molecule has 0 amide bonds. The summed E-state index contributed by atoms with van der Waals surface area (Å²) in [4.78, 5) is 11.3. The summed E-state index contributed by atoms with van der Waals surface area (Å²) in [5, 5.41) is 1.95. The fourth-order valence-electron chi connectivity index (χ4n) is 2.00. The lowest BCUT2D eigenvalue weighted by Crippen LogP contribution is -2.04. The van der Waals surface area contributed by atoms with Gasteiger partial charge in [0.2, 0.25) is 0 Å². The van der Waals surface area contributed by atoms with Crippen LogP contribution in [0, 0.1) is 0 Å². The first kappa shape index (κ1) is 13.2. The predicted molar refractivity (Wildman–Crippen MR) is 72.8 cm³/mol. The van der Waals surface area contributed by atoms with Crippen LogP contribution < -0.4 is 9.47 Å². The van der Waals surface area contributed by atoms with Crippen LogP contribution in [0.1, 0.15) is 5.56 Å². The molecule has 0 aliphatic carbocycles. The van der Waals surface area contributed by atoms with E-state index in [1.165, 1.54) is 7.11 Å². The maximum atomic E-state index is 11.3. The zero-order valence-electron chi connectivity index (χ0n) is 11.2. The van der Waals surface area contributed by atoms with Crippen molar-refractivity contribution >= 4 is 16.7 Å². The van der Waals surface area contributed by atoms with Gasteiger partial charge in [-0.3, -0.25) is 4.79 Å². The fraction of sp³-hybridized carbons (Fsp3) is 0.267. The molecule has 0 aromatic heterocycles. The Kier molecular flexibility index (Phi) is 3.90. The molecule has 0 saturated heterocycles. The number of methoxy groups -OCH3 is 3. The number of benzene rings is 2. The molecular formula is C15H16O4. The molecule has 0 aliphatic heterocycles. The molecule has 0 radical (unpaired) electrons. The lowest BCUT2D eigenvalue weighted by Gasteiger charge is -2.10. The minimum absolute atomic E-state index is 0.231. The van der Waals surface area contributed by atoms with Gasteiger partial charge in [0.1, 0.15) is 11.5 Å². The third-order valence-corrected chi connectivity index (χ3v) is 2.98. The predicted octanol–water partition coefficient (Wildman–Crippen LogP) is 2.57. The third kappa shape index (κ3) is 2.78. The Hall–Kier alpha value is -2.23. The van der Waals surface area contributed by atoms with Crippen LogP contribution in [0.3, 0.4) is 0 Å². The SMILES string of the molecule is COC(=O)Cc1cc(OC)c2cc(OC)ccc2c1. The highest BCUT2D eigenvalue weighted by Crippen LogP contribution is 2.30. The Morgan fingerprint density at radius 2 is 1.84 bits per heavy atom. The van der Waals surface area contributed by atoms with E-state index in [1.54, 1.807) is 14.2 Å². The van der Waals surface area contributed by atoms with E-state index in [2.05, 4.69) is 4.74 Å². The first-order valence-electron chi connectivity index (χ1n) is 5.89. The number of carbonyl (C=O) groups is 1. The van der Waals surface area contributed by atoms with Crippen LogP contribution in [0.15, 0.2) is 30.3 Å². The van der Waals surface area contributed by atoms with Crippen LogP contribution in [-0.2, 0) is 16.0 Å². The minimum atomic E-state index is -0.269. The molecule has 2 aromatic rings. The van der Waals surface area contributed by atoms with Crippen LogP contribution in [0.2, 0.25) is 0 Å². The van der Waals surface area contributed by atoms with E-state index in [1.807, 2.05) is 30.3 Å². The van der Waals surface area contributed by atoms with Crippen LogP contribution in [0.25, 0.3) is 10.8 Å². The van der Waals surface area contributed by atoms with Crippen molar-refractivity contribution in [1.29, 1.82) is 0 Å². The average molecular weight is 260 g/mol. The van der Waals surface area contributed by atoms with Crippen molar-refractivity contribution in [2.24, 2.45) is 0 Å². The summed E-state index contributed by atoms with van der Waals surface area (Å²) in [5.41, 5.74) is 0.862. The molecule has 0 atom stereocenters. The van der Waals surface area contributed by atoms with E-state index in [0.717, 1.165) is 27.8 Å². The van der Waals surface area contributed by atoms with Crippen molar-refractivity contribution in [3.8, 4) is 11.5 Å². The smallest absolute Gasteiger partial charge is 0.309 e. The van der Waals surface area contributed by atoms with E-state index in [0.29, 0.717) is 0 Å². The Balaban J connectivity index is 2.51. The monoisotopic (exact) mass is 260 g/mol. The number of fused-ring (bicyclic) bond motifs is 1. The number of hydrogen-bond donors (Lipinski definition) is 0. The Morgan fingerprint density at radius 1 is 1.05 bits per heavy atom. The van der Waals surface area contributed by atoms with Gasteiger partial charge in [-0.2, -0.15) is 0 Å². The number of carbonyl (C=O) groups excluding carboxylic acids is 1. The molecule has 4 heteroatoms. The number of hydrogen-bond acceptors (Lipinski definition) is 4. The lowest BCUT2D eigenvalue weighted by molar-refractivity contribution is -0.139. The molecule has 0 unspecified atom stereocenters. The first-order valence-corrected chi connectivity index (χ1v) is 5.89. The highest BCUT2D eigenvalue weighted by atomic mass is 16.5. The van der Waals surface area contributed by atoms with Crippen molar-refractivity contribution in [3.63, 3.8) is 0 Å². The van der Waals surface area contributed by atoms with Crippen molar-refractivity contribution in [2.45, 2.75) is 6.42 Å². The summed E-state index contributed by atoms with van der Waals surface area (Å²) in [6, 6.07) is 9.53. The fourth-order valence-corrected chi connectivity index (χ4v) is 2.00. The van der Waals surface area contributed by atoms with Gasteiger partial charge in [-0.25, -0.2) is 0 Å². The minimum Gasteiger partial charge on any atom is -0.497 e. The van der Waals surface area contributed by atoms with Gasteiger partial charge in [-0.05, 0) is 29.1 Å². The summed E-state index contributed by atoms with van der Waals surface area (Å²) in [6.45, 7) is 0. The second-order valence-electron chi connectivity index (χ2n) is 4.14. The molecule has 0 heterocycles. The largest absolute Gasteiger partial charge is 0.497 e. The molecule has 0 saturated carbocycles. The van der Waals surface area contributed by atoms with E-state index >= 15 is 0 Å². The van der Waals surface area contributed by atoms with Crippen LogP contribution >= 0.6 is 0 Å². The topological polar surface area (TPSA) is 44.8 Å². The van der Waals surface area contributed by atoms with Gasteiger partial charge in [0.05, 0.1) is 27.8 Å². The highest BCUT2D eigenvalue weighted by molar-refractivity contribution is 5.91.